The van der Waals surface area contributed by atoms with Crippen molar-refractivity contribution in [2.75, 3.05) is 28.1 Å². The molecule has 0 radical (unpaired) electrons. The lowest BCUT2D eigenvalue weighted by Gasteiger charge is -2.17. The van der Waals surface area contributed by atoms with Crippen molar-refractivity contribution in [3.05, 3.63) is 17.7 Å². The maximum absolute atomic E-state index is 5.73. The molecule has 0 aliphatic rings. The number of hydrogen-bond acceptors (Lipinski definition) is 4. The van der Waals surface area contributed by atoms with E-state index < -0.39 is 0 Å². The van der Waals surface area contributed by atoms with E-state index in [0.29, 0.717) is 11.5 Å². The summed E-state index contributed by atoms with van der Waals surface area (Å²) in [5.74, 6) is 8.74. The molecule has 1 rings (SSSR count). The minimum absolute atomic E-state index is 0.184. The van der Waals surface area contributed by atoms with Crippen LogP contribution in [0.1, 0.15) is 57.4 Å². The van der Waals surface area contributed by atoms with Gasteiger partial charge in [0.2, 0.25) is 0 Å². The van der Waals surface area contributed by atoms with Gasteiger partial charge in [0.1, 0.15) is 5.75 Å². The molecule has 1 aromatic carbocycles. The lowest BCUT2D eigenvalue weighted by molar-refractivity contribution is 0.0482. The summed E-state index contributed by atoms with van der Waals surface area (Å²) in [6.07, 6.45) is 8.61. The molecule has 0 spiro atoms. The van der Waals surface area contributed by atoms with Gasteiger partial charge >= 0.3 is 0 Å². The molecule has 0 aliphatic heterocycles. The van der Waals surface area contributed by atoms with E-state index in [2.05, 4.69) is 18.8 Å². The fourth-order valence-corrected chi connectivity index (χ4v) is 2.59. The van der Waals surface area contributed by atoms with Gasteiger partial charge in [0.05, 0.1) is 14.2 Å². The zero-order valence-corrected chi connectivity index (χ0v) is 16.2. The zero-order chi connectivity index (χ0) is 18.3. The monoisotopic (exact) mass is 348 g/mol. The van der Waals surface area contributed by atoms with Crippen molar-refractivity contribution in [2.45, 2.75) is 58.3 Å². The van der Waals surface area contributed by atoms with Crippen LogP contribution in [0.4, 0.5) is 0 Å². The lowest BCUT2D eigenvalue weighted by Crippen LogP contribution is -2.05. The van der Waals surface area contributed by atoms with Gasteiger partial charge in [-0.3, -0.25) is 0 Å². The summed E-state index contributed by atoms with van der Waals surface area (Å²) < 4.78 is 21.7. The first-order chi connectivity index (χ1) is 12.3. The normalized spacial score (nSPS) is 10.1. The van der Waals surface area contributed by atoms with E-state index >= 15 is 0 Å². The van der Waals surface area contributed by atoms with Crippen LogP contribution < -0.4 is 14.2 Å². The number of benzene rings is 1. The van der Waals surface area contributed by atoms with Gasteiger partial charge in [0.15, 0.2) is 18.3 Å². The van der Waals surface area contributed by atoms with Crippen LogP contribution in [0.5, 0.6) is 17.2 Å². The molecule has 0 saturated carbocycles. The van der Waals surface area contributed by atoms with Crippen LogP contribution in [0.25, 0.3) is 0 Å². The molecule has 0 unspecified atom stereocenters. The van der Waals surface area contributed by atoms with Crippen molar-refractivity contribution in [2.24, 2.45) is 0 Å². The molecule has 25 heavy (non-hydrogen) atoms. The molecule has 0 N–H and O–H groups in total. The average Bonchev–Trinajstić information content (AvgIpc) is 2.64. The number of rotatable bonds is 12. The van der Waals surface area contributed by atoms with Gasteiger partial charge < -0.3 is 18.9 Å². The Balaban J connectivity index is 2.58. The summed E-state index contributed by atoms with van der Waals surface area (Å²) in [5, 5.41) is 0. The SMILES string of the molecule is CCCCC#CCCCCCc1c(OC)ccc(OC)c1OCOC. The van der Waals surface area contributed by atoms with Crippen LogP contribution in [0.2, 0.25) is 0 Å². The highest BCUT2D eigenvalue weighted by Crippen LogP contribution is 2.38. The van der Waals surface area contributed by atoms with Gasteiger partial charge in [-0.25, -0.2) is 0 Å². The Kier molecular flexibility index (Phi) is 11.4. The lowest BCUT2D eigenvalue weighted by atomic mass is 10.0. The number of unbranched alkanes of at least 4 members (excludes halogenated alkanes) is 5. The van der Waals surface area contributed by atoms with E-state index in [-0.39, 0.29) is 6.79 Å². The van der Waals surface area contributed by atoms with Crippen LogP contribution in [0, 0.1) is 11.8 Å². The molecule has 0 heterocycles. The molecule has 0 bridgehead atoms. The number of hydrogen-bond donors (Lipinski definition) is 0. The predicted octanol–water partition coefficient (Wildman–Crippen LogP) is 4.98. The smallest absolute Gasteiger partial charge is 0.188 e. The second-order valence-corrected chi connectivity index (χ2v) is 5.85. The van der Waals surface area contributed by atoms with Gasteiger partial charge in [0.25, 0.3) is 0 Å². The Morgan fingerprint density at radius 2 is 1.52 bits per heavy atom. The van der Waals surface area contributed by atoms with Crippen LogP contribution in [0.3, 0.4) is 0 Å². The predicted molar refractivity (Wildman–Crippen MR) is 102 cm³/mol. The minimum atomic E-state index is 0.184. The van der Waals surface area contributed by atoms with Gasteiger partial charge in [0, 0.05) is 25.5 Å². The van der Waals surface area contributed by atoms with Crippen LogP contribution in [-0.4, -0.2) is 28.1 Å². The van der Waals surface area contributed by atoms with E-state index in [0.717, 1.165) is 49.8 Å². The summed E-state index contributed by atoms with van der Waals surface area (Å²) in [4.78, 5) is 0. The van der Waals surface area contributed by atoms with Crippen molar-refractivity contribution in [1.29, 1.82) is 0 Å². The molecule has 1 aromatic rings. The summed E-state index contributed by atoms with van der Waals surface area (Å²) in [6.45, 7) is 2.38. The first kappa shape index (κ1) is 21.2. The van der Waals surface area contributed by atoms with Crippen LogP contribution in [0.15, 0.2) is 12.1 Å². The van der Waals surface area contributed by atoms with E-state index in [1.807, 2.05) is 12.1 Å². The molecular formula is C21H32O4. The van der Waals surface area contributed by atoms with Gasteiger partial charge in [-0.2, -0.15) is 0 Å². The summed E-state index contributed by atoms with van der Waals surface area (Å²) in [5.41, 5.74) is 1.04. The second kappa shape index (κ2) is 13.4. The molecule has 0 atom stereocenters. The highest BCUT2D eigenvalue weighted by molar-refractivity contribution is 5.54. The van der Waals surface area contributed by atoms with Crippen molar-refractivity contribution in [1.82, 2.24) is 0 Å². The summed E-state index contributed by atoms with van der Waals surface area (Å²) >= 11 is 0. The van der Waals surface area contributed by atoms with Crippen LogP contribution >= 0.6 is 0 Å². The Morgan fingerprint density at radius 1 is 0.840 bits per heavy atom. The maximum Gasteiger partial charge on any atom is 0.188 e. The van der Waals surface area contributed by atoms with Crippen molar-refractivity contribution < 1.29 is 18.9 Å². The Labute approximate surface area is 152 Å². The second-order valence-electron chi connectivity index (χ2n) is 5.85. The first-order valence-electron chi connectivity index (χ1n) is 9.09. The number of ether oxygens (including phenoxy) is 4. The molecule has 0 saturated heterocycles. The topological polar surface area (TPSA) is 36.9 Å². The minimum Gasteiger partial charge on any atom is -0.496 e. The molecule has 0 fully saturated rings. The fourth-order valence-electron chi connectivity index (χ4n) is 2.59. The molecule has 4 nitrogen and oxygen atoms in total. The molecule has 0 amide bonds. The third kappa shape index (κ3) is 7.70. The zero-order valence-electron chi connectivity index (χ0n) is 16.2. The Morgan fingerprint density at radius 3 is 2.16 bits per heavy atom. The van der Waals surface area contributed by atoms with Gasteiger partial charge in [-0.05, 0) is 37.8 Å². The van der Waals surface area contributed by atoms with E-state index in [9.17, 15) is 0 Å². The molecule has 140 valence electrons. The van der Waals surface area contributed by atoms with E-state index in [1.165, 1.54) is 12.8 Å². The fraction of sp³-hybridized carbons (Fsp3) is 0.619. The van der Waals surface area contributed by atoms with Gasteiger partial charge in [-0.15, -0.1) is 11.8 Å². The Hall–Kier alpha value is -1.86. The molecule has 4 heteroatoms. The first-order valence-corrected chi connectivity index (χ1v) is 9.09. The quantitative estimate of drug-likeness (QED) is 0.303. The third-order valence-electron chi connectivity index (χ3n) is 3.95. The van der Waals surface area contributed by atoms with E-state index in [1.54, 1.807) is 21.3 Å². The third-order valence-corrected chi connectivity index (χ3v) is 3.95. The van der Waals surface area contributed by atoms with Crippen molar-refractivity contribution in [3.8, 4) is 29.1 Å². The highest BCUT2D eigenvalue weighted by Gasteiger charge is 2.16. The maximum atomic E-state index is 5.73. The summed E-state index contributed by atoms with van der Waals surface area (Å²) in [6, 6.07) is 3.78. The standard InChI is InChI=1S/C21H32O4/c1-5-6-7-8-9-10-11-12-13-14-18-19(23-3)15-16-20(24-4)21(18)25-17-22-2/h15-16H,5-7,10-14,17H2,1-4H3. The molecule has 0 aliphatic carbocycles. The van der Waals surface area contributed by atoms with Crippen molar-refractivity contribution in [3.63, 3.8) is 0 Å². The molecule has 0 aromatic heterocycles. The largest absolute Gasteiger partial charge is 0.496 e. The number of methoxy groups -OCH3 is 3. The highest BCUT2D eigenvalue weighted by atomic mass is 16.7. The average molecular weight is 348 g/mol. The Bertz CT molecular complexity index is 543. The summed E-state index contributed by atoms with van der Waals surface area (Å²) in [7, 11) is 4.92. The van der Waals surface area contributed by atoms with Crippen molar-refractivity contribution >= 4 is 0 Å². The molecular weight excluding hydrogens is 316 g/mol. The van der Waals surface area contributed by atoms with Crippen LogP contribution in [-0.2, 0) is 11.2 Å². The van der Waals surface area contributed by atoms with E-state index in [4.69, 9.17) is 18.9 Å². The van der Waals surface area contributed by atoms with Gasteiger partial charge in [-0.1, -0.05) is 19.8 Å².